The van der Waals surface area contributed by atoms with E-state index >= 15 is 0 Å². The first-order valence-electron chi connectivity index (χ1n) is 7.55. The normalized spacial score (nSPS) is 13.3. The van der Waals surface area contributed by atoms with Crippen molar-refractivity contribution >= 4 is 8.24 Å². The standard InChI is InChI=1S/C16H32N2Si/c1-13(2)19(14(3)4,15(5)6)18-10-9-16(12-18)11-17(7)8/h9-10,12-15H,11H2,1-8H3. The Morgan fingerprint density at radius 1 is 1.00 bits per heavy atom. The predicted octanol–water partition coefficient (Wildman–Crippen LogP) is 4.57. The molecular weight excluding hydrogens is 248 g/mol. The van der Waals surface area contributed by atoms with Crippen LogP contribution in [-0.2, 0) is 6.54 Å². The molecule has 110 valence electrons. The third-order valence-corrected chi connectivity index (χ3v) is 11.2. The lowest BCUT2D eigenvalue weighted by Crippen LogP contribution is -2.51. The third kappa shape index (κ3) is 3.14. The molecule has 0 aliphatic rings. The molecule has 0 unspecified atom stereocenters. The van der Waals surface area contributed by atoms with Crippen LogP contribution in [0.4, 0.5) is 0 Å². The Labute approximate surface area is 120 Å². The van der Waals surface area contributed by atoms with Crippen molar-refractivity contribution in [2.24, 2.45) is 0 Å². The van der Waals surface area contributed by atoms with Gasteiger partial charge in [0.05, 0.1) is 0 Å². The second-order valence-corrected chi connectivity index (χ2v) is 12.8. The Morgan fingerprint density at radius 3 is 1.84 bits per heavy atom. The topological polar surface area (TPSA) is 8.17 Å². The first-order chi connectivity index (χ1) is 8.72. The summed E-state index contributed by atoms with van der Waals surface area (Å²) in [4.78, 5) is 2.24. The molecule has 1 heterocycles. The van der Waals surface area contributed by atoms with Gasteiger partial charge in [0.25, 0.3) is 0 Å². The summed E-state index contributed by atoms with van der Waals surface area (Å²) >= 11 is 0. The largest absolute Gasteiger partial charge is 0.379 e. The van der Waals surface area contributed by atoms with Crippen molar-refractivity contribution in [3.63, 3.8) is 0 Å². The summed E-state index contributed by atoms with van der Waals surface area (Å²) in [6.45, 7) is 15.5. The molecule has 0 N–H and O–H groups in total. The van der Waals surface area contributed by atoms with Crippen LogP contribution < -0.4 is 0 Å². The summed E-state index contributed by atoms with van der Waals surface area (Å²) in [5.41, 5.74) is 3.70. The predicted molar refractivity (Wildman–Crippen MR) is 88.3 cm³/mol. The molecule has 0 atom stereocenters. The van der Waals surface area contributed by atoms with Gasteiger partial charge in [0, 0.05) is 6.54 Å². The van der Waals surface area contributed by atoms with E-state index in [0.29, 0.717) is 0 Å². The van der Waals surface area contributed by atoms with Gasteiger partial charge >= 0.3 is 0 Å². The van der Waals surface area contributed by atoms with Crippen LogP contribution in [0, 0.1) is 0 Å². The molecule has 0 spiro atoms. The second-order valence-electron chi connectivity index (χ2n) is 7.02. The van der Waals surface area contributed by atoms with Gasteiger partial charge in [-0.1, -0.05) is 41.5 Å². The van der Waals surface area contributed by atoms with Crippen molar-refractivity contribution in [1.29, 1.82) is 0 Å². The molecule has 0 fully saturated rings. The van der Waals surface area contributed by atoms with Gasteiger partial charge in [0.15, 0.2) is 8.24 Å². The molecule has 3 heteroatoms. The Balaban J connectivity index is 3.22. The number of hydrogen-bond acceptors (Lipinski definition) is 1. The van der Waals surface area contributed by atoms with Crippen LogP contribution in [0.15, 0.2) is 18.5 Å². The van der Waals surface area contributed by atoms with Crippen LogP contribution in [0.2, 0.25) is 16.6 Å². The minimum absolute atomic E-state index is 0.757. The summed E-state index contributed by atoms with van der Waals surface area (Å²) in [7, 11) is 2.73. The average molecular weight is 281 g/mol. The van der Waals surface area contributed by atoms with E-state index in [1.54, 1.807) is 0 Å². The zero-order valence-electron chi connectivity index (χ0n) is 14.1. The smallest absolute Gasteiger partial charge is 0.168 e. The fourth-order valence-electron chi connectivity index (χ4n) is 4.03. The summed E-state index contributed by atoms with van der Waals surface area (Å²) in [5.74, 6) is 0. The molecule has 0 bridgehead atoms. The third-order valence-electron chi connectivity index (χ3n) is 4.47. The van der Waals surface area contributed by atoms with E-state index in [-0.39, 0.29) is 0 Å². The molecule has 0 aromatic carbocycles. The van der Waals surface area contributed by atoms with E-state index in [0.717, 1.165) is 23.2 Å². The first-order valence-corrected chi connectivity index (χ1v) is 9.72. The van der Waals surface area contributed by atoms with Crippen LogP contribution in [0.1, 0.15) is 47.1 Å². The lowest BCUT2D eigenvalue weighted by Gasteiger charge is -2.44. The van der Waals surface area contributed by atoms with E-state index < -0.39 is 8.24 Å². The van der Waals surface area contributed by atoms with E-state index in [1.807, 2.05) is 0 Å². The van der Waals surface area contributed by atoms with Crippen molar-refractivity contribution in [2.45, 2.75) is 64.7 Å². The van der Waals surface area contributed by atoms with Gasteiger partial charge < -0.3 is 9.13 Å². The molecule has 0 saturated heterocycles. The van der Waals surface area contributed by atoms with Gasteiger partial charge in [-0.25, -0.2) is 0 Å². The average Bonchev–Trinajstić information content (AvgIpc) is 2.64. The van der Waals surface area contributed by atoms with Crippen LogP contribution in [0.25, 0.3) is 0 Å². The van der Waals surface area contributed by atoms with E-state index in [1.165, 1.54) is 5.56 Å². The highest BCUT2D eigenvalue weighted by atomic mass is 28.3. The maximum absolute atomic E-state index is 2.62. The van der Waals surface area contributed by atoms with Crippen molar-refractivity contribution < 1.29 is 0 Å². The monoisotopic (exact) mass is 280 g/mol. The quantitative estimate of drug-likeness (QED) is 0.693. The van der Waals surface area contributed by atoms with Gasteiger partial charge in [0.2, 0.25) is 0 Å². The second kappa shape index (κ2) is 6.27. The molecule has 1 rings (SSSR count). The molecule has 19 heavy (non-hydrogen) atoms. The Hall–Kier alpha value is -0.543. The molecule has 0 amide bonds. The fraction of sp³-hybridized carbons (Fsp3) is 0.750. The highest BCUT2D eigenvalue weighted by Gasteiger charge is 2.44. The highest BCUT2D eigenvalue weighted by molar-refractivity contribution is 6.82. The first kappa shape index (κ1) is 16.5. The molecule has 1 aromatic heterocycles. The van der Waals surface area contributed by atoms with Gasteiger partial charge in [0.1, 0.15) is 0 Å². The molecular formula is C16H32N2Si. The Morgan fingerprint density at radius 2 is 1.47 bits per heavy atom. The van der Waals surface area contributed by atoms with Crippen molar-refractivity contribution in [3.8, 4) is 0 Å². The summed E-state index contributed by atoms with van der Waals surface area (Å²) in [6, 6.07) is 2.30. The van der Waals surface area contributed by atoms with Gasteiger partial charge in [-0.15, -0.1) is 0 Å². The zero-order valence-corrected chi connectivity index (χ0v) is 15.1. The number of aromatic nitrogens is 1. The lowest BCUT2D eigenvalue weighted by atomic mass is 10.3. The van der Waals surface area contributed by atoms with Gasteiger partial charge in [-0.05, 0) is 54.7 Å². The number of nitrogens with zero attached hydrogens (tertiary/aromatic N) is 2. The van der Waals surface area contributed by atoms with Crippen LogP contribution in [-0.4, -0.2) is 31.5 Å². The lowest BCUT2D eigenvalue weighted by molar-refractivity contribution is 0.402. The molecule has 0 radical (unpaired) electrons. The summed E-state index contributed by atoms with van der Waals surface area (Å²) in [5, 5.41) is 0. The molecule has 0 aliphatic heterocycles. The Bertz CT molecular complexity index is 369. The van der Waals surface area contributed by atoms with Gasteiger partial charge in [-0.3, -0.25) is 0 Å². The molecule has 0 saturated carbocycles. The summed E-state index contributed by atoms with van der Waals surface area (Å²) in [6.07, 6.45) is 4.75. The molecule has 0 aliphatic carbocycles. The highest BCUT2D eigenvalue weighted by Crippen LogP contribution is 2.42. The van der Waals surface area contributed by atoms with Crippen LogP contribution in [0.5, 0.6) is 0 Å². The van der Waals surface area contributed by atoms with Crippen LogP contribution >= 0.6 is 0 Å². The van der Waals surface area contributed by atoms with E-state index in [2.05, 4.69) is 83.2 Å². The maximum atomic E-state index is 2.62. The molecule has 1 aromatic rings. The molecule has 2 nitrogen and oxygen atoms in total. The zero-order chi connectivity index (χ0) is 14.8. The fourth-order valence-corrected chi connectivity index (χ4v) is 10.5. The number of hydrogen-bond donors (Lipinski definition) is 0. The van der Waals surface area contributed by atoms with Crippen molar-refractivity contribution in [1.82, 2.24) is 9.13 Å². The number of rotatable bonds is 6. The SMILES string of the molecule is CC(C)[Si](C(C)C)(C(C)C)n1ccc(CN(C)C)c1. The van der Waals surface area contributed by atoms with Crippen molar-refractivity contribution in [2.75, 3.05) is 14.1 Å². The Kier molecular flexibility index (Phi) is 5.45. The summed E-state index contributed by atoms with van der Waals surface area (Å²) < 4.78 is 2.62. The minimum Gasteiger partial charge on any atom is -0.379 e. The maximum Gasteiger partial charge on any atom is 0.168 e. The van der Waals surface area contributed by atoms with E-state index in [4.69, 9.17) is 0 Å². The van der Waals surface area contributed by atoms with E-state index in [9.17, 15) is 0 Å². The van der Waals surface area contributed by atoms with Gasteiger partial charge in [-0.2, -0.15) is 0 Å². The van der Waals surface area contributed by atoms with Crippen molar-refractivity contribution in [3.05, 3.63) is 24.0 Å². The van der Waals surface area contributed by atoms with Crippen LogP contribution in [0.3, 0.4) is 0 Å². The minimum atomic E-state index is -1.54.